The van der Waals surface area contributed by atoms with Gasteiger partial charge >= 0.3 is 0 Å². The van der Waals surface area contributed by atoms with Gasteiger partial charge < -0.3 is 5.32 Å². The number of benzene rings is 1. The van der Waals surface area contributed by atoms with E-state index in [2.05, 4.69) is 51.7 Å². The van der Waals surface area contributed by atoms with E-state index in [0.717, 1.165) is 30.3 Å². The predicted molar refractivity (Wildman–Crippen MR) is 89.8 cm³/mol. The largest absolute Gasteiger partial charge is 0.361 e. The number of amidine groups is 1. The maximum atomic E-state index is 4.65. The smallest absolute Gasteiger partial charge is 0.156 e. The van der Waals surface area contributed by atoms with Gasteiger partial charge in [-0.25, -0.2) is 0 Å². The fourth-order valence-electron chi connectivity index (χ4n) is 2.37. The van der Waals surface area contributed by atoms with Crippen molar-refractivity contribution in [2.45, 2.75) is 18.9 Å². The molecular formula is C17H19N3S. The minimum Gasteiger partial charge on any atom is -0.361 e. The van der Waals surface area contributed by atoms with Gasteiger partial charge in [0.15, 0.2) is 5.17 Å². The third-order valence-electron chi connectivity index (χ3n) is 3.45. The number of aromatic nitrogens is 1. The predicted octanol–water partition coefficient (Wildman–Crippen LogP) is 2.93. The van der Waals surface area contributed by atoms with Gasteiger partial charge in [-0.1, -0.05) is 48.2 Å². The van der Waals surface area contributed by atoms with E-state index in [0.29, 0.717) is 6.04 Å². The fraction of sp³-hybridized carbons (Fsp3) is 0.294. The summed E-state index contributed by atoms with van der Waals surface area (Å²) in [5.74, 6) is 1.10. The molecule has 0 amide bonds. The second-order valence-corrected chi connectivity index (χ2v) is 6.15. The molecule has 0 bridgehead atoms. The van der Waals surface area contributed by atoms with Gasteiger partial charge in [0, 0.05) is 30.7 Å². The number of rotatable bonds is 5. The molecule has 1 aromatic carbocycles. The Morgan fingerprint density at radius 1 is 1.14 bits per heavy atom. The summed E-state index contributed by atoms with van der Waals surface area (Å²) in [6.45, 7) is 0.819. The van der Waals surface area contributed by atoms with Crippen LogP contribution in [0.5, 0.6) is 0 Å². The van der Waals surface area contributed by atoms with Gasteiger partial charge in [-0.3, -0.25) is 9.98 Å². The number of nitrogens with zero attached hydrogens (tertiary/aromatic N) is 2. The normalized spacial score (nSPS) is 19.6. The Morgan fingerprint density at radius 3 is 2.81 bits per heavy atom. The van der Waals surface area contributed by atoms with Gasteiger partial charge in [0.25, 0.3) is 0 Å². The Hall–Kier alpha value is -1.81. The van der Waals surface area contributed by atoms with E-state index < -0.39 is 0 Å². The second-order valence-electron chi connectivity index (χ2n) is 5.14. The van der Waals surface area contributed by atoms with E-state index in [-0.39, 0.29) is 0 Å². The third-order valence-corrected chi connectivity index (χ3v) is 4.54. The van der Waals surface area contributed by atoms with Crippen LogP contribution in [0.25, 0.3) is 0 Å². The van der Waals surface area contributed by atoms with Crippen molar-refractivity contribution >= 4 is 16.9 Å². The van der Waals surface area contributed by atoms with E-state index in [1.165, 1.54) is 11.1 Å². The number of hydrogen-bond donors (Lipinski definition) is 1. The zero-order valence-corrected chi connectivity index (χ0v) is 12.7. The lowest BCUT2D eigenvalue weighted by molar-refractivity contribution is 0.686. The first-order valence-electron chi connectivity index (χ1n) is 7.27. The highest BCUT2D eigenvalue weighted by Crippen LogP contribution is 2.17. The lowest BCUT2D eigenvalue weighted by Gasteiger charge is -2.09. The molecule has 0 aliphatic carbocycles. The minimum absolute atomic E-state index is 0.495. The first-order chi connectivity index (χ1) is 10.4. The lowest BCUT2D eigenvalue weighted by Crippen LogP contribution is -2.29. The summed E-state index contributed by atoms with van der Waals surface area (Å²) in [6.07, 6.45) is 5.73. The summed E-state index contributed by atoms with van der Waals surface area (Å²) in [4.78, 5) is 8.78. The topological polar surface area (TPSA) is 37.3 Å². The van der Waals surface area contributed by atoms with Crippen molar-refractivity contribution in [2.75, 3.05) is 12.3 Å². The Kier molecular flexibility index (Phi) is 4.90. The molecule has 1 aromatic heterocycles. The Bertz CT molecular complexity index is 583. The minimum atomic E-state index is 0.495. The summed E-state index contributed by atoms with van der Waals surface area (Å²) in [6, 6.07) is 15.2. The molecule has 1 unspecified atom stereocenters. The summed E-state index contributed by atoms with van der Waals surface area (Å²) in [5, 5.41) is 4.61. The maximum Gasteiger partial charge on any atom is 0.156 e. The molecule has 0 spiro atoms. The SMILES string of the molecule is c1ccc(CC2CSC(=NCCc3cccnc3)N2)cc1. The zero-order chi connectivity index (χ0) is 14.3. The van der Waals surface area contributed by atoms with E-state index in [1.807, 2.05) is 24.0 Å². The quantitative estimate of drug-likeness (QED) is 0.922. The molecule has 3 nitrogen and oxygen atoms in total. The molecule has 1 fully saturated rings. The maximum absolute atomic E-state index is 4.65. The molecular weight excluding hydrogens is 278 g/mol. The number of nitrogens with one attached hydrogen (secondary N) is 1. The highest BCUT2D eigenvalue weighted by molar-refractivity contribution is 8.14. The second kappa shape index (κ2) is 7.27. The van der Waals surface area contributed by atoms with E-state index in [4.69, 9.17) is 0 Å². The van der Waals surface area contributed by atoms with Gasteiger partial charge in [0.05, 0.1) is 0 Å². The molecule has 0 radical (unpaired) electrons. The van der Waals surface area contributed by atoms with Crippen LogP contribution in [-0.4, -0.2) is 28.5 Å². The average molecular weight is 297 g/mol. The Balaban J connectivity index is 1.47. The molecule has 0 saturated carbocycles. The van der Waals surface area contributed by atoms with Crippen LogP contribution >= 0.6 is 11.8 Å². The van der Waals surface area contributed by atoms with Gasteiger partial charge in [0.2, 0.25) is 0 Å². The lowest BCUT2D eigenvalue weighted by atomic mass is 10.1. The van der Waals surface area contributed by atoms with E-state index in [9.17, 15) is 0 Å². The van der Waals surface area contributed by atoms with Gasteiger partial charge in [-0.05, 0) is 30.0 Å². The average Bonchev–Trinajstić information content (AvgIpc) is 2.97. The third kappa shape index (κ3) is 4.33. The molecule has 1 N–H and O–H groups in total. The Labute approximate surface area is 129 Å². The molecule has 2 aromatic rings. The number of aliphatic imine (C=N–C) groups is 1. The van der Waals surface area contributed by atoms with Crippen molar-refractivity contribution in [2.24, 2.45) is 4.99 Å². The monoisotopic (exact) mass is 297 g/mol. The number of pyridine rings is 1. The van der Waals surface area contributed by atoms with E-state index in [1.54, 1.807) is 6.20 Å². The molecule has 3 rings (SSSR count). The van der Waals surface area contributed by atoms with Crippen LogP contribution in [0.4, 0.5) is 0 Å². The molecule has 108 valence electrons. The van der Waals surface area contributed by atoms with Gasteiger partial charge in [0.1, 0.15) is 0 Å². The van der Waals surface area contributed by atoms with Crippen LogP contribution < -0.4 is 5.32 Å². The van der Waals surface area contributed by atoms with Crippen molar-refractivity contribution in [3.63, 3.8) is 0 Å². The Morgan fingerprint density at radius 2 is 2.00 bits per heavy atom. The van der Waals surface area contributed by atoms with E-state index >= 15 is 0 Å². The molecule has 2 heterocycles. The summed E-state index contributed by atoms with van der Waals surface area (Å²) in [7, 11) is 0. The van der Waals surface area contributed by atoms with Gasteiger partial charge in [-0.15, -0.1) is 0 Å². The molecule has 1 aliphatic rings. The van der Waals surface area contributed by atoms with Crippen LogP contribution in [0.15, 0.2) is 59.9 Å². The summed E-state index contributed by atoms with van der Waals surface area (Å²) >= 11 is 1.83. The number of hydrogen-bond acceptors (Lipinski definition) is 3. The van der Waals surface area contributed by atoms with Crippen LogP contribution in [0.2, 0.25) is 0 Å². The zero-order valence-electron chi connectivity index (χ0n) is 11.9. The number of thioether (sulfide) groups is 1. The van der Waals surface area contributed by atoms with Crippen molar-refractivity contribution in [1.29, 1.82) is 0 Å². The summed E-state index contributed by atoms with van der Waals surface area (Å²) < 4.78 is 0. The van der Waals surface area contributed by atoms with Crippen LogP contribution in [0, 0.1) is 0 Å². The molecule has 4 heteroatoms. The van der Waals surface area contributed by atoms with Crippen molar-refractivity contribution in [1.82, 2.24) is 10.3 Å². The van der Waals surface area contributed by atoms with Crippen LogP contribution in [0.1, 0.15) is 11.1 Å². The fourth-order valence-corrected chi connectivity index (χ4v) is 3.36. The van der Waals surface area contributed by atoms with Crippen molar-refractivity contribution in [3.05, 3.63) is 66.0 Å². The first-order valence-corrected chi connectivity index (χ1v) is 8.25. The molecule has 1 saturated heterocycles. The molecule has 1 aliphatic heterocycles. The molecule has 1 atom stereocenters. The van der Waals surface area contributed by atoms with Crippen molar-refractivity contribution in [3.8, 4) is 0 Å². The highest BCUT2D eigenvalue weighted by Gasteiger charge is 2.19. The first kappa shape index (κ1) is 14.1. The van der Waals surface area contributed by atoms with Crippen LogP contribution in [-0.2, 0) is 12.8 Å². The van der Waals surface area contributed by atoms with Crippen LogP contribution in [0.3, 0.4) is 0 Å². The van der Waals surface area contributed by atoms with Gasteiger partial charge in [-0.2, -0.15) is 0 Å². The standard InChI is InChI=1S/C17H19N3S/c1-2-5-14(6-3-1)11-16-13-21-17(20-16)19-10-8-15-7-4-9-18-12-15/h1-7,9,12,16H,8,10-11,13H2,(H,19,20). The van der Waals surface area contributed by atoms with Crippen molar-refractivity contribution < 1.29 is 0 Å². The highest BCUT2D eigenvalue weighted by atomic mass is 32.2. The molecule has 21 heavy (non-hydrogen) atoms. The summed E-state index contributed by atoms with van der Waals surface area (Å²) in [5.41, 5.74) is 2.62.